The molecule has 82 valence electrons. The second kappa shape index (κ2) is 4.90. The zero-order valence-corrected chi connectivity index (χ0v) is 9.38. The molecule has 0 aliphatic carbocycles. The van der Waals surface area contributed by atoms with Crippen LogP contribution in [0.2, 0.25) is 0 Å². The first-order valence-electron chi connectivity index (χ1n) is 4.36. The zero-order valence-electron chi connectivity index (χ0n) is 8.56. The molecular weight excluding hydrogens is 214 g/mol. The van der Waals surface area contributed by atoms with Gasteiger partial charge in [-0.1, -0.05) is 5.16 Å². The average molecular weight is 227 g/mol. The molecular formula is C9H13N3O2S. The number of thiophene rings is 1. The summed E-state index contributed by atoms with van der Waals surface area (Å²) in [4.78, 5) is 15.9. The van der Waals surface area contributed by atoms with Crippen LogP contribution in [0.4, 0.5) is 0 Å². The second-order valence-corrected chi connectivity index (χ2v) is 4.03. The summed E-state index contributed by atoms with van der Waals surface area (Å²) >= 11 is 1.49. The highest BCUT2D eigenvalue weighted by atomic mass is 32.1. The van der Waals surface area contributed by atoms with Crippen molar-refractivity contribution in [3.05, 3.63) is 21.9 Å². The Labute approximate surface area is 91.7 Å². The molecule has 0 saturated heterocycles. The van der Waals surface area contributed by atoms with Crippen LogP contribution in [0.1, 0.15) is 30.3 Å². The molecule has 1 heterocycles. The maximum atomic E-state index is 10.5. The van der Waals surface area contributed by atoms with E-state index < -0.39 is 5.97 Å². The van der Waals surface area contributed by atoms with Crippen LogP contribution in [0.5, 0.6) is 0 Å². The quantitative estimate of drug-likeness (QED) is 0.348. The number of nitrogens with zero attached hydrogens (tertiary/aromatic N) is 1. The first kappa shape index (κ1) is 11.7. The fourth-order valence-corrected chi connectivity index (χ4v) is 1.75. The van der Waals surface area contributed by atoms with Crippen molar-refractivity contribution in [1.29, 1.82) is 0 Å². The van der Waals surface area contributed by atoms with Crippen LogP contribution in [-0.4, -0.2) is 11.8 Å². The van der Waals surface area contributed by atoms with Crippen molar-refractivity contribution in [1.82, 2.24) is 0 Å². The molecule has 0 radical (unpaired) electrons. The first-order valence-corrected chi connectivity index (χ1v) is 5.24. The lowest BCUT2D eigenvalue weighted by Gasteiger charge is -1.98. The fraction of sp³-hybridized carbons (Fsp3) is 0.333. The summed E-state index contributed by atoms with van der Waals surface area (Å²) in [6, 6.07) is 1.79. The molecule has 1 rings (SSSR count). The number of hydrogen-bond donors (Lipinski definition) is 2. The van der Waals surface area contributed by atoms with E-state index in [-0.39, 0.29) is 11.9 Å². The third-order valence-electron chi connectivity index (χ3n) is 1.64. The van der Waals surface area contributed by atoms with Gasteiger partial charge in [-0.2, -0.15) is 0 Å². The van der Waals surface area contributed by atoms with Crippen LogP contribution in [0.15, 0.2) is 16.6 Å². The Bertz CT molecular complexity index is 384. The third-order valence-corrected chi connectivity index (χ3v) is 2.77. The molecule has 1 aromatic heterocycles. The topological polar surface area (TPSA) is 90.7 Å². The smallest absolute Gasteiger partial charge is 0.332 e. The van der Waals surface area contributed by atoms with Gasteiger partial charge in [-0.15, -0.1) is 11.3 Å². The summed E-state index contributed by atoms with van der Waals surface area (Å²) in [6.45, 7) is 3.15. The van der Waals surface area contributed by atoms with Crippen molar-refractivity contribution < 1.29 is 9.63 Å². The molecule has 1 aromatic rings. The molecule has 0 saturated carbocycles. The lowest BCUT2D eigenvalue weighted by molar-refractivity contribution is -0.140. The van der Waals surface area contributed by atoms with Gasteiger partial charge in [0.1, 0.15) is 0 Å². The van der Waals surface area contributed by atoms with E-state index in [0.717, 1.165) is 4.88 Å². The van der Waals surface area contributed by atoms with Crippen molar-refractivity contribution in [3.63, 3.8) is 0 Å². The van der Waals surface area contributed by atoms with Gasteiger partial charge in [0.05, 0.1) is 0 Å². The molecule has 0 aromatic carbocycles. The molecule has 5 nitrogen and oxygen atoms in total. The van der Waals surface area contributed by atoms with Crippen molar-refractivity contribution in [3.8, 4) is 0 Å². The Morgan fingerprint density at radius 3 is 2.80 bits per heavy atom. The number of amidine groups is 1. The summed E-state index contributed by atoms with van der Waals surface area (Å²) in [5.41, 5.74) is 12.0. The van der Waals surface area contributed by atoms with Crippen molar-refractivity contribution in [2.75, 3.05) is 0 Å². The lowest BCUT2D eigenvalue weighted by Crippen LogP contribution is -2.13. The minimum atomic E-state index is -0.499. The predicted molar refractivity (Wildman–Crippen MR) is 59.4 cm³/mol. The first-order chi connectivity index (χ1) is 7.00. The number of rotatable bonds is 3. The lowest BCUT2D eigenvalue weighted by atomic mass is 10.2. The Hall–Kier alpha value is -1.40. The van der Waals surface area contributed by atoms with E-state index in [1.54, 1.807) is 0 Å². The Balaban J connectivity index is 2.78. The van der Waals surface area contributed by atoms with Crippen LogP contribution < -0.4 is 11.5 Å². The molecule has 0 bridgehead atoms. The predicted octanol–water partition coefficient (Wildman–Crippen LogP) is 0.951. The second-order valence-electron chi connectivity index (χ2n) is 3.09. The molecule has 0 aliphatic rings. The zero-order chi connectivity index (χ0) is 11.4. The number of carbonyl (C=O) groups excluding carboxylic acids is 1. The number of carbonyl (C=O) groups is 1. The highest BCUT2D eigenvalue weighted by Crippen LogP contribution is 2.19. The number of oxime groups is 1. The molecule has 1 atom stereocenters. The van der Waals surface area contributed by atoms with E-state index >= 15 is 0 Å². The van der Waals surface area contributed by atoms with Gasteiger partial charge >= 0.3 is 5.97 Å². The van der Waals surface area contributed by atoms with E-state index in [2.05, 4.69) is 9.99 Å². The SMILES string of the molecule is CC(=O)ON=C(N)c1csc(C(C)N)c1. The highest BCUT2D eigenvalue weighted by Gasteiger charge is 2.07. The number of hydrogen-bond acceptors (Lipinski definition) is 5. The Morgan fingerprint density at radius 2 is 2.33 bits per heavy atom. The summed E-state index contributed by atoms with van der Waals surface area (Å²) in [7, 11) is 0. The van der Waals surface area contributed by atoms with E-state index in [9.17, 15) is 4.79 Å². The molecule has 0 amide bonds. The van der Waals surface area contributed by atoms with Gasteiger partial charge in [-0.3, -0.25) is 0 Å². The van der Waals surface area contributed by atoms with Crippen LogP contribution in [0.3, 0.4) is 0 Å². The van der Waals surface area contributed by atoms with Gasteiger partial charge in [-0.05, 0) is 13.0 Å². The highest BCUT2D eigenvalue weighted by molar-refractivity contribution is 7.10. The minimum Gasteiger partial charge on any atom is -0.380 e. The maximum Gasteiger partial charge on any atom is 0.332 e. The maximum absolute atomic E-state index is 10.5. The van der Waals surface area contributed by atoms with Crippen LogP contribution >= 0.6 is 11.3 Å². The van der Waals surface area contributed by atoms with Crippen LogP contribution in [-0.2, 0) is 9.63 Å². The largest absolute Gasteiger partial charge is 0.380 e. The van der Waals surface area contributed by atoms with Crippen molar-refractivity contribution in [2.45, 2.75) is 19.9 Å². The molecule has 0 fully saturated rings. The normalized spacial score (nSPS) is 13.7. The third kappa shape index (κ3) is 3.34. The number of nitrogens with two attached hydrogens (primary N) is 2. The van der Waals surface area contributed by atoms with E-state index in [1.165, 1.54) is 18.3 Å². The van der Waals surface area contributed by atoms with Crippen molar-refractivity contribution >= 4 is 23.1 Å². The average Bonchev–Trinajstić information content (AvgIpc) is 2.62. The summed E-state index contributed by atoms with van der Waals surface area (Å²) < 4.78 is 0. The van der Waals surface area contributed by atoms with Gasteiger partial charge in [0.15, 0.2) is 5.84 Å². The van der Waals surface area contributed by atoms with E-state index in [1.807, 2.05) is 18.4 Å². The Morgan fingerprint density at radius 1 is 1.67 bits per heavy atom. The Kier molecular flexibility index (Phi) is 3.81. The van der Waals surface area contributed by atoms with Gasteiger partial charge in [0, 0.05) is 28.8 Å². The van der Waals surface area contributed by atoms with Crippen molar-refractivity contribution in [2.24, 2.45) is 16.6 Å². The summed E-state index contributed by atoms with van der Waals surface area (Å²) in [6.07, 6.45) is 0. The van der Waals surface area contributed by atoms with Crippen LogP contribution in [0, 0.1) is 0 Å². The molecule has 6 heteroatoms. The standard InChI is InChI=1S/C9H13N3O2S/c1-5(10)8-3-7(4-15-8)9(11)12-14-6(2)13/h3-5H,10H2,1-2H3,(H2,11,12). The molecule has 4 N–H and O–H groups in total. The van der Waals surface area contributed by atoms with E-state index in [4.69, 9.17) is 11.5 Å². The van der Waals surface area contributed by atoms with Gasteiger partial charge in [-0.25, -0.2) is 4.79 Å². The fourth-order valence-electron chi connectivity index (χ4n) is 0.892. The minimum absolute atomic E-state index is 0.0368. The molecule has 0 spiro atoms. The molecule has 15 heavy (non-hydrogen) atoms. The van der Waals surface area contributed by atoms with Gasteiger partial charge in [0.25, 0.3) is 0 Å². The summed E-state index contributed by atoms with van der Waals surface area (Å²) in [5.74, 6) is -0.325. The van der Waals surface area contributed by atoms with E-state index in [0.29, 0.717) is 5.56 Å². The monoisotopic (exact) mass is 227 g/mol. The van der Waals surface area contributed by atoms with Gasteiger partial charge < -0.3 is 16.3 Å². The molecule has 0 aliphatic heterocycles. The molecule has 1 unspecified atom stereocenters. The summed E-state index contributed by atoms with van der Waals surface area (Å²) in [5, 5.41) is 5.30. The van der Waals surface area contributed by atoms with Gasteiger partial charge in [0.2, 0.25) is 0 Å². The van der Waals surface area contributed by atoms with Crippen LogP contribution in [0.25, 0.3) is 0 Å².